The van der Waals surface area contributed by atoms with Gasteiger partial charge in [0.05, 0.1) is 6.04 Å². The zero-order valence-electron chi connectivity index (χ0n) is 8.35. The highest BCUT2D eigenvalue weighted by molar-refractivity contribution is 5.95. The van der Waals surface area contributed by atoms with Crippen molar-refractivity contribution in [3.8, 4) is 0 Å². The second-order valence-corrected chi connectivity index (χ2v) is 3.72. The number of hydrogen-bond donors (Lipinski definition) is 2. The summed E-state index contributed by atoms with van der Waals surface area (Å²) >= 11 is 0. The molecule has 1 aromatic carbocycles. The Hall–Kier alpha value is -1.06. The summed E-state index contributed by atoms with van der Waals surface area (Å²) in [5.41, 5.74) is 6.57. The lowest BCUT2D eigenvalue weighted by molar-refractivity contribution is -0.117. The van der Waals surface area contributed by atoms with Gasteiger partial charge in [-0.1, -0.05) is 18.2 Å². The van der Waals surface area contributed by atoms with Crippen molar-refractivity contribution in [2.24, 2.45) is 11.7 Å². The maximum Gasteiger partial charge on any atom is 0.241 e. The number of para-hydroxylation sites is 1. The van der Waals surface area contributed by atoms with Crippen LogP contribution in [-0.2, 0) is 4.79 Å². The molecule has 3 nitrogen and oxygen atoms in total. The molecule has 0 spiro atoms. The van der Waals surface area contributed by atoms with Crippen molar-refractivity contribution >= 4 is 24.0 Å². The molecule has 3 N–H and O–H groups in total. The standard InChI is InChI=1S/C11H14N2O.ClH/c12-10(8-6-7-8)11(14)13-9-4-2-1-3-5-9;/h1-5,8,10H,6-7,12H2,(H,13,14);1H. The Morgan fingerprint density at radius 1 is 1.33 bits per heavy atom. The third-order valence-corrected chi connectivity index (χ3v) is 2.47. The van der Waals surface area contributed by atoms with Crippen LogP contribution in [0.1, 0.15) is 12.8 Å². The van der Waals surface area contributed by atoms with Crippen molar-refractivity contribution < 1.29 is 4.79 Å². The molecule has 15 heavy (non-hydrogen) atoms. The van der Waals surface area contributed by atoms with Crippen molar-refractivity contribution in [1.29, 1.82) is 0 Å². The summed E-state index contributed by atoms with van der Waals surface area (Å²) in [6, 6.07) is 9.07. The molecule has 1 aliphatic carbocycles. The van der Waals surface area contributed by atoms with E-state index in [1.165, 1.54) is 0 Å². The first-order valence-electron chi connectivity index (χ1n) is 4.89. The van der Waals surface area contributed by atoms with E-state index < -0.39 is 0 Å². The number of halogens is 1. The van der Waals surface area contributed by atoms with Crippen LogP contribution in [-0.4, -0.2) is 11.9 Å². The van der Waals surface area contributed by atoms with Gasteiger partial charge in [0.15, 0.2) is 0 Å². The number of carbonyl (C=O) groups excluding carboxylic acids is 1. The minimum absolute atomic E-state index is 0. The van der Waals surface area contributed by atoms with Crippen molar-refractivity contribution in [3.05, 3.63) is 30.3 Å². The van der Waals surface area contributed by atoms with Crippen LogP contribution < -0.4 is 11.1 Å². The first-order chi connectivity index (χ1) is 6.77. The predicted octanol–water partition coefficient (Wildman–Crippen LogP) is 1.78. The third kappa shape index (κ3) is 3.22. The van der Waals surface area contributed by atoms with Crippen LogP contribution in [0.25, 0.3) is 0 Å². The molecule has 2 rings (SSSR count). The van der Waals surface area contributed by atoms with Gasteiger partial charge in [-0.2, -0.15) is 0 Å². The Morgan fingerprint density at radius 3 is 2.47 bits per heavy atom. The van der Waals surface area contributed by atoms with Gasteiger partial charge in [0.2, 0.25) is 5.91 Å². The molecular formula is C11H15ClN2O. The fourth-order valence-electron chi connectivity index (χ4n) is 1.42. The number of amides is 1. The number of nitrogens with two attached hydrogens (primary N) is 1. The Bertz CT molecular complexity index is 325. The van der Waals surface area contributed by atoms with E-state index in [0.29, 0.717) is 5.92 Å². The van der Waals surface area contributed by atoms with E-state index in [0.717, 1.165) is 18.5 Å². The van der Waals surface area contributed by atoms with Crippen molar-refractivity contribution in [2.45, 2.75) is 18.9 Å². The van der Waals surface area contributed by atoms with Gasteiger partial charge in [-0.25, -0.2) is 0 Å². The van der Waals surface area contributed by atoms with Crippen molar-refractivity contribution in [2.75, 3.05) is 5.32 Å². The fraction of sp³-hybridized carbons (Fsp3) is 0.364. The largest absolute Gasteiger partial charge is 0.325 e. The third-order valence-electron chi connectivity index (χ3n) is 2.47. The van der Waals surface area contributed by atoms with Crippen LogP contribution in [0.3, 0.4) is 0 Å². The molecule has 0 aliphatic heterocycles. The first-order valence-corrected chi connectivity index (χ1v) is 4.89. The van der Waals surface area contributed by atoms with Gasteiger partial charge in [-0.15, -0.1) is 12.4 Å². The van der Waals surface area contributed by atoms with Gasteiger partial charge in [-0.05, 0) is 30.9 Å². The first kappa shape index (κ1) is 12.0. The highest BCUT2D eigenvalue weighted by atomic mass is 35.5. The summed E-state index contributed by atoms with van der Waals surface area (Å²) in [6.07, 6.45) is 2.17. The average Bonchev–Trinajstić information content (AvgIpc) is 3.01. The molecule has 0 aromatic heterocycles. The topological polar surface area (TPSA) is 55.1 Å². The second-order valence-electron chi connectivity index (χ2n) is 3.72. The van der Waals surface area contributed by atoms with E-state index in [4.69, 9.17) is 5.73 Å². The Labute approximate surface area is 95.5 Å². The molecular weight excluding hydrogens is 212 g/mol. The number of rotatable bonds is 3. The van der Waals surface area contributed by atoms with Gasteiger partial charge >= 0.3 is 0 Å². The Kier molecular flexibility index (Phi) is 4.12. The summed E-state index contributed by atoms with van der Waals surface area (Å²) in [6.45, 7) is 0. The van der Waals surface area contributed by atoms with E-state index in [2.05, 4.69) is 5.32 Å². The molecule has 1 aliphatic rings. The van der Waals surface area contributed by atoms with Crippen LogP contribution in [0, 0.1) is 5.92 Å². The molecule has 0 radical (unpaired) electrons. The average molecular weight is 227 g/mol. The predicted molar refractivity (Wildman–Crippen MR) is 63.0 cm³/mol. The summed E-state index contributed by atoms with van der Waals surface area (Å²) in [5.74, 6) is 0.331. The monoisotopic (exact) mass is 226 g/mol. The molecule has 4 heteroatoms. The minimum atomic E-state index is -0.338. The maximum atomic E-state index is 11.6. The van der Waals surface area contributed by atoms with Crippen molar-refractivity contribution in [1.82, 2.24) is 0 Å². The molecule has 1 unspecified atom stereocenters. The molecule has 1 aromatic rings. The summed E-state index contributed by atoms with van der Waals surface area (Å²) in [7, 11) is 0. The fourth-order valence-corrected chi connectivity index (χ4v) is 1.42. The van der Waals surface area contributed by atoms with Crippen molar-refractivity contribution in [3.63, 3.8) is 0 Å². The minimum Gasteiger partial charge on any atom is -0.325 e. The van der Waals surface area contributed by atoms with E-state index in [1.54, 1.807) is 0 Å². The zero-order chi connectivity index (χ0) is 9.97. The van der Waals surface area contributed by atoms with E-state index in [9.17, 15) is 4.79 Å². The number of benzene rings is 1. The Balaban J connectivity index is 0.00000112. The van der Waals surface area contributed by atoms with Gasteiger partial charge < -0.3 is 11.1 Å². The number of hydrogen-bond acceptors (Lipinski definition) is 2. The van der Waals surface area contributed by atoms with E-state index in [-0.39, 0.29) is 24.4 Å². The van der Waals surface area contributed by atoms with Gasteiger partial charge in [0.25, 0.3) is 0 Å². The summed E-state index contributed by atoms with van der Waals surface area (Å²) in [4.78, 5) is 11.6. The molecule has 0 bridgehead atoms. The molecule has 1 saturated carbocycles. The van der Waals surface area contributed by atoms with Crippen LogP contribution >= 0.6 is 12.4 Å². The Morgan fingerprint density at radius 2 is 1.93 bits per heavy atom. The molecule has 82 valence electrons. The molecule has 0 saturated heterocycles. The van der Waals surface area contributed by atoms with Gasteiger partial charge in [-0.3, -0.25) is 4.79 Å². The zero-order valence-corrected chi connectivity index (χ0v) is 9.17. The van der Waals surface area contributed by atoms with Crippen LogP contribution in [0.5, 0.6) is 0 Å². The highest BCUT2D eigenvalue weighted by Crippen LogP contribution is 2.31. The molecule has 1 amide bonds. The smallest absolute Gasteiger partial charge is 0.241 e. The maximum absolute atomic E-state index is 11.6. The second kappa shape index (κ2) is 5.14. The van der Waals surface area contributed by atoms with Gasteiger partial charge in [0, 0.05) is 5.69 Å². The van der Waals surface area contributed by atoms with E-state index in [1.807, 2.05) is 30.3 Å². The normalized spacial score (nSPS) is 16.3. The van der Waals surface area contributed by atoms with Crippen LogP contribution in [0.4, 0.5) is 5.69 Å². The van der Waals surface area contributed by atoms with Gasteiger partial charge in [0.1, 0.15) is 0 Å². The molecule has 1 atom stereocenters. The SMILES string of the molecule is Cl.NC(C(=O)Nc1ccccc1)C1CC1. The lowest BCUT2D eigenvalue weighted by Crippen LogP contribution is -2.37. The van der Waals surface area contributed by atoms with E-state index >= 15 is 0 Å². The number of carbonyl (C=O) groups is 1. The van der Waals surface area contributed by atoms with Crippen LogP contribution in [0.15, 0.2) is 30.3 Å². The number of anilines is 1. The summed E-state index contributed by atoms with van der Waals surface area (Å²) in [5, 5.41) is 2.80. The summed E-state index contributed by atoms with van der Waals surface area (Å²) < 4.78 is 0. The van der Waals surface area contributed by atoms with Crippen LogP contribution in [0.2, 0.25) is 0 Å². The lowest BCUT2D eigenvalue weighted by atomic mass is 10.2. The quantitative estimate of drug-likeness (QED) is 0.826. The number of nitrogens with one attached hydrogen (secondary N) is 1. The lowest BCUT2D eigenvalue weighted by Gasteiger charge is -2.10. The molecule has 1 fully saturated rings. The molecule has 0 heterocycles. The highest BCUT2D eigenvalue weighted by Gasteiger charge is 2.33.